The summed E-state index contributed by atoms with van der Waals surface area (Å²) >= 11 is 3.20. The van der Waals surface area contributed by atoms with Crippen LogP contribution in [0.1, 0.15) is 11.1 Å². The van der Waals surface area contributed by atoms with E-state index in [0.29, 0.717) is 11.0 Å². The molecule has 0 spiro atoms. The molecule has 1 aromatic carbocycles. The number of rotatable bonds is 5. The fraction of sp³-hybridized carbons (Fsp3) is 0.154. The smallest absolute Gasteiger partial charge is 0.242 e. The van der Waals surface area contributed by atoms with Crippen molar-refractivity contribution in [2.75, 3.05) is 0 Å². The molecule has 7 heteroatoms. The third-order valence-electron chi connectivity index (χ3n) is 2.78. The molecule has 106 valence electrons. The number of nitrogens with two attached hydrogens (primary N) is 1. The molecule has 0 bridgehead atoms. The molecule has 20 heavy (non-hydrogen) atoms. The largest absolute Gasteiger partial charge is 0.326 e. The SMILES string of the molecule is NCc1ccccc1CNS(=O)(=O)c1cncc(Br)c1. The maximum absolute atomic E-state index is 12.2. The third kappa shape index (κ3) is 3.63. The standard InChI is InChI=1S/C13H14BrN3O2S/c14-12-5-13(9-16-8-12)20(18,19)17-7-11-4-2-1-3-10(11)6-15/h1-5,8-9,17H,6-7,15H2. The second kappa shape index (κ2) is 6.45. The number of hydrogen-bond acceptors (Lipinski definition) is 4. The third-order valence-corrected chi connectivity index (χ3v) is 4.58. The van der Waals surface area contributed by atoms with Gasteiger partial charge in [-0.1, -0.05) is 24.3 Å². The molecule has 0 saturated heterocycles. The van der Waals surface area contributed by atoms with Gasteiger partial charge in [0, 0.05) is 30.0 Å². The summed E-state index contributed by atoms with van der Waals surface area (Å²) in [6.45, 7) is 0.568. The minimum Gasteiger partial charge on any atom is -0.326 e. The van der Waals surface area contributed by atoms with E-state index in [-0.39, 0.29) is 11.4 Å². The first-order valence-electron chi connectivity index (χ1n) is 5.90. The van der Waals surface area contributed by atoms with Crippen LogP contribution in [0.3, 0.4) is 0 Å². The first-order valence-corrected chi connectivity index (χ1v) is 8.17. The van der Waals surface area contributed by atoms with Crippen LogP contribution in [0.2, 0.25) is 0 Å². The van der Waals surface area contributed by atoms with Crippen LogP contribution in [0.25, 0.3) is 0 Å². The van der Waals surface area contributed by atoms with Crippen molar-refractivity contribution < 1.29 is 8.42 Å². The summed E-state index contributed by atoms with van der Waals surface area (Å²) < 4.78 is 27.5. The van der Waals surface area contributed by atoms with Crippen LogP contribution in [-0.2, 0) is 23.1 Å². The highest BCUT2D eigenvalue weighted by Gasteiger charge is 2.15. The van der Waals surface area contributed by atoms with Crippen molar-refractivity contribution in [3.63, 3.8) is 0 Å². The summed E-state index contributed by atoms with van der Waals surface area (Å²) in [7, 11) is -3.59. The summed E-state index contributed by atoms with van der Waals surface area (Å²) in [6.07, 6.45) is 2.84. The summed E-state index contributed by atoms with van der Waals surface area (Å²) in [5.74, 6) is 0. The van der Waals surface area contributed by atoms with E-state index in [1.807, 2.05) is 24.3 Å². The number of pyridine rings is 1. The van der Waals surface area contributed by atoms with Gasteiger partial charge < -0.3 is 5.73 Å². The van der Waals surface area contributed by atoms with Crippen molar-refractivity contribution in [3.8, 4) is 0 Å². The van der Waals surface area contributed by atoms with Crippen molar-refractivity contribution in [1.82, 2.24) is 9.71 Å². The van der Waals surface area contributed by atoms with Gasteiger partial charge >= 0.3 is 0 Å². The number of sulfonamides is 1. The topological polar surface area (TPSA) is 85.1 Å². The van der Waals surface area contributed by atoms with Crippen LogP contribution in [0.4, 0.5) is 0 Å². The zero-order valence-corrected chi connectivity index (χ0v) is 13.0. The van der Waals surface area contributed by atoms with Gasteiger partial charge in [-0.25, -0.2) is 13.1 Å². The Morgan fingerprint density at radius 1 is 1.20 bits per heavy atom. The number of nitrogens with one attached hydrogen (secondary N) is 1. The second-order valence-corrected chi connectivity index (χ2v) is 6.82. The Kier molecular flexibility index (Phi) is 4.87. The molecule has 0 aliphatic heterocycles. The molecule has 0 amide bonds. The van der Waals surface area contributed by atoms with Crippen LogP contribution in [-0.4, -0.2) is 13.4 Å². The highest BCUT2D eigenvalue weighted by Crippen LogP contribution is 2.15. The van der Waals surface area contributed by atoms with Crippen molar-refractivity contribution in [2.45, 2.75) is 18.0 Å². The lowest BCUT2D eigenvalue weighted by atomic mass is 10.1. The zero-order chi connectivity index (χ0) is 14.6. The highest BCUT2D eigenvalue weighted by molar-refractivity contribution is 9.10. The van der Waals surface area contributed by atoms with Gasteiger partial charge in [0.05, 0.1) is 0 Å². The molecule has 0 saturated carbocycles. The number of hydrogen-bond donors (Lipinski definition) is 2. The molecule has 2 rings (SSSR count). The van der Waals surface area contributed by atoms with Crippen molar-refractivity contribution in [1.29, 1.82) is 0 Å². The van der Waals surface area contributed by atoms with Crippen LogP contribution < -0.4 is 10.5 Å². The van der Waals surface area contributed by atoms with Crippen LogP contribution in [0, 0.1) is 0 Å². The Bertz CT molecular complexity index is 704. The van der Waals surface area contributed by atoms with E-state index in [0.717, 1.165) is 11.1 Å². The Labute approximate surface area is 126 Å². The number of benzene rings is 1. The van der Waals surface area contributed by atoms with Gasteiger partial charge in [0.25, 0.3) is 0 Å². The fourth-order valence-electron chi connectivity index (χ4n) is 1.72. The summed E-state index contributed by atoms with van der Waals surface area (Å²) in [5.41, 5.74) is 7.41. The average Bonchev–Trinajstić information content (AvgIpc) is 2.45. The maximum Gasteiger partial charge on any atom is 0.242 e. The van der Waals surface area contributed by atoms with Gasteiger partial charge in [-0.3, -0.25) is 4.98 Å². The number of halogens is 1. The van der Waals surface area contributed by atoms with E-state index in [4.69, 9.17) is 5.73 Å². The monoisotopic (exact) mass is 355 g/mol. The minimum absolute atomic E-state index is 0.122. The Morgan fingerprint density at radius 2 is 1.90 bits per heavy atom. The Balaban J connectivity index is 2.17. The Morgan fingerprint density at radius 3 is 2.55 bits per heavy atom. The molecule has 5 nitrogen and oxygen atoms in total. The summed E-state index contributed by atoms with van der Waals surface area (Å²) in [4.78, 5) is 3.98. The normalized spacial score (nSPS) is 11.5. The van der Waals surface area contributed by atoms with Gasteiger partial charge in [0.15, 0.2) is 0 Å². The molecule has 1 aromatic heterocycles. The van der Waals surface area contributed by atoms with Crippen LogP contribution in [0.5, 0.6) is 0 Å². The van der Waals surface area contributed by atoms with Crippen molar-refractivity contribution in [3.05, 3.63) is 58.3 Å². The molecule has 0 unspecified atom stereocenters. The first-order chi connectivity index (χ1) is 9.53. The minimum atomic E-state index is -3.59. The lowest BCUT2D eigenvalue weighted by Gasteiger charge is -2.10. The van der Waals surface area contributed by atoms with E-state index in [1.165, 1.54) is 18.5 Å². The van der Waals surface area contributed by atoms with Gasteiger partial charge in [-0.2, -0.15) is 0 Å². The first kappa shape index (κ1) is 15.1. The molecule has 1 heterocycles. The van der Waals surface area contributed by atoms with E-state index < -0.39 is 10.0 Å². The van der Waals surface area contributed by atoms with Crippen molar-refractivity contribution >= 4 is 26.0 Å². The average molecular weight is 356 g/mol. The van der Waals surface area contributed by atoms with Gasteiger partial charge in [0.2, 0.25) is 10.0 Å². The van der Waals surface area contributed by atoms with Gasteiger partial charge in [0.1, 0.15) is 4.90 Å². The molecule has 0 atom stereocenters. The van der Waals surface area contributed by atoms with Gasteiger partial charge in [-0.15, -0.1) is 0 Å². The Hall–Kier alpha value is -1.28. The molecular formula is C13H14BrN3O2S. The molecule has 0 aliphatic rings. The molecule has 0 aliphatic carbocycles. The lowest BCUT2D eigenvalue weighted by Crippen LogP contribution is -2.24. The number of aromatic nitrogens is 1. The zero-order valence-electron chi connectivity index (χ0n) is 10.6. The van der Waals surface area contributed by atoms with Crippen molar-refractivity contribution in [2.24, 2.45) is 5.73 Å². The van der Waals surface area contributed by atoms with E-state index in [2.05, 4.69) is 25.6 Å². The lowest BCUT2D eigenvalue weighted by molar-refractivity contribution is 0.580. The maximum atomic E-state index is 12.2. The predicted octanol–water partition coefficient (Wildman–Crippen LogP) is 1.78. The van der Waals surface area contributed by atoms with Crippen LogP contribution >= 0.6 is 15.9 Å². The molecule has 2 aromatic rings. The second-order valence-electron chi connectivity index (χ2n) is 4.14. The summed E-state index contributed by atoms with van der Waals surface area (Å²) in [5, 5.41) is 0. The number of nitrogens with zero attached hydrogens (tertiary/aromatic N) is 1. The van der Waals surface area contributed by atoms with E-state index in [9.17, 15) is 8.42 Å². The predicted molar refractivity (Wildman–Crippen MR) is 80.3 cm³/mol. The molecule has 0 radical (unpaired) electrons. The molecule has 0 fully saturated rings. The van der Waals surface area contributed by atoms with E-state index in [1.54, 1.807) is 0 Å². The van der Waals surface area contributed by atoms with Crippen LogP contribution in [0.15, 0.2) is 52.1 Å². The van der Waals surface area contributed by atoms with E-state index >= 15 is 0 Å². The molecule has 3 N–H and O–H groups in total. The fourth-order valence-corrected chi connectivity index (χ4v) is 3.23. The summed E-state index contributed by atoms with van der Waals surface area (Å²) in [6, 6.07) is 8.96. The quantitative estimate of drug-likeness (QED) is 0.855. The highest BCUT2D eigenvalue weighted by atomic mass is 79.9. The molecular weight excluding hydrogens is 342 g/mol. The van der Waals surface area contributed by atoms with Gasteiger partial charge in [-0.05, 0) is 33.1 Å².